The van der Waals surface area contributed by atoms with Crippen molar-refractivity contribution >= 4 is 23.2 Å². The summed E-state index contributed by atoms with van der Waals surface area (Å²) < 4.78 is 0. The van der Waals surface area contributed by atoms with Crippen LogP contribution in [0.4, 0.5) is 0 Å². The van der Waals surface area contributed by atoms with Gasteiger partial charge in [-0.25, -0.2) is 0 Å². The van der Waals surface area contributed by atoms with E-state index in [1.165, 1.54) is 0 Å². The lowest BCUT2D eigenvalue weighted by Crippen LogP contribution is -2.09. The Morgan fingerprint density at radius 2 is 2.00 bits per heavy atom. The molecule has 3 heteroatoms. The zero-order valence-corrected chi connectivity index (χ0v) is 10.4. The third-order valence-electron chi connectivity index (χ3n) is 2.46. The fraction of sp³-hybridized carbons (Fsp3) is 0.500. The van der Waals surface area contributed by atoms with Crippen LogP contribution in [0.25, 0.3) is 0 Å². The molecule has 0 saturated heterocycles. The number of aliphatic hydroxyl groups excluding tert-OH is 1. The third-order valence-corrected chi connectivity index (χ3v) is 3.20. The number of aliphatic hydroxyl groups is 1. The van der Waals surface area contributed by atoms with Gasteiger partial charge >= 0.3 is 0 Å². The van der Waals surface area contributed by atoms with Crippen molar-refractivity contribution in [2.75, 3.05) is 6.61 Å². The van der Waals surface area contributed by atoms with E-state index in [2.05, 4.69) is 6.92 Å². The third kappa shape index (κ3) is 4.02. The fourth-order valence-electron chi connectivity index (χ4n) is 1.67. The van der Waals surface area contributed by atoms with E-state index in [0.717, 1.165) is 24.8 Å². The molecule has 15 heavy (non-hydrogen) atoms. The van der Waals surface area contributed by atoms with E-state index in [1.807, 2.05) is 12.1 Å². The summed E-state index contributed by atoms with van der Waals surface area (Å²) >= 11 is 11.8. The molecule has 1 aromatic rings. The highest BCUT2D eigenvalue weighted by Crippen LogP contribution is 2.24. The van der Waals surface area contributed by atoms with Crippen LogP contribution >= 0.6 is 23.2 Å². The van der Waals surface area contributed by atoms with Crippen LogP contribution in [0.3, 0.4) is 0 Å². The van der Waals surface area contributed by atoms with Gasteiger partial charge in [-0.3, -0.25) is 0 Å². The second-order valence-corrected chi connectivity index (χ2v) is 4.60. The highest BCUT2D eigenvalue weighted by molar-refractivity contribution is 6.42. The lowest BCUT2D eigenvalue weighted by atomic mass is 9.96. The molecule has 0 aliphatic rings. The average Bonchev–Trinajstić information content (AvgIpc) is 2.23. The predicted octanol–water partition coefficient (Wildman–Crippen LogP) is 3.94. The van der Waals surface area contributed by atoms with Gasteiger partial charge in [0, 0.05) is 6.61 Å². The zero-order chi connectivity index (χ0) is 11.3. The second kappa shape index (κ2) is 6.37. The first-order valence-electron chi connectivity index (χ1n) is 5.22. The molecule has 1 aromatic carbocycles. The summed E-state index contributed by atoms with van der Waals surface area (Å²) in [5.41, 5.74) is 1.14. The minimum absolute atomic E-state index is 0.230. The second-order valence-electron chi connectivity index (χ2n) is 3.79. The van der Waals surface area contributed by atoms with Crippen molar-refractivity contribution in [2.45, 2.75) is 26.2 Å². The molecule has 0 fully saturated rings. The number of halogens is 2. The van der Waals surface area contributed by atoms with Gasteiger partial charge in [-0.15, -0.1) is 0 Å². The summed E-state index contributed by atoms with van der Waals surface area (Å²) in [4.78, 5) is 0. The Hall–Kier alpha value is -0.240. The highest BCUT2D eigenvalue weighted by atomic mass is 35.5. The standard InChI is InChI=1S/C12H16Cl2O/c1-2-3-10(8-15)6-9-4-5-11(13)12(14)7-9/h4-5,7,10,15H,2-3,6,8H2,1H3. The lowest BCUT2D eigenvalue weighted by molar-refractivity contribution is 0.217. The van der Waals surface area contributed by atoms with E-state index >= 15 is 0 Å². The van der Waals surface area contributed by atoms with Gasteiger partial charge < -0.3 is 5.11 Å². The van der Waals surface area contributed by atoms with Crippen LogP contribution in [-0.2, 0) is 6.42 Å². The molecule has 0 bridgehead atoms. The fourth-order valence-corrected chi connectivity index (χ4v) is 1.99. The van der Waals surface area contributed by atoms with Gasteiger partial charge in [0.05, 0.1) is 10.0 Å². The van der Waals surface area contributed by atoms with Gasteiger partial charge in [0.2, 0.25) is 0 Å². The minimum Gasteiger partial charge on any atom is -0.396 e. The van der Waals surface area contributed by atoms with Crippen molar-refractivity contribution < 1.29 is 5.11 Å². The molecule has 0 aromatic heterocycles. The first kappa shape index (κ1) is 12.8. The van der Waals surface area contributed by atoms with E-state index in [-0.39, 0.29) is 6.61 Å². The predicted molar refractivity (Wildman–Crippen MR) is 65.6 cm³/mol. The Morgan fingerprint density at radius 1 is 1.27 bits per heavy atom. The molecule has 0 saturated carbocycles. The van der Waals surface area contributed by atoms with Crippen LogP contribution < -0.4 is 0 Å². The quantitative estimate of drug-likeness (QED) is 0.835. The van der Waals surface area contributed by atoms with Crippen LogP contribution in [0, 0.1) is 5.92 Å². The van der Waals surface area contributed by atoms with Crippen LogP contribution in [0.1, 0.15) is 25.3 Å². The summed E-state index contributed by atoms with van der Waals surface area (Å²) in [6, 6.07) is 5.65. The Morgan fingerprint density at radius 3 is 2.53 bits per heavy atom. The summed E-state index contributed by atoms with van der Waals surface area (Å²) in [5, 5.41) is 10.3. The normalized spacial score (nSPS) is 12.8. The zero-order valence-electron chi connectivity index (χ0n) is 8.84. The highest BCUT2D eigenvalue weighted by Gasteiger charge is 2.08. The van der Waals surface area contributed by atoms with E-state index in [0.29, 0.717) is 16.0 Å². The largest absolute Gasteiger partial charge is 0.396 e. The van der Waals surface area contributed by atoms with Crippen molar-refractivity contribution in [3.63, 3.8) is 0 Å². The molecule has 0 aliphatic carbocycles. The molecule has 0 amide bonds. The van der Waals surface area contributed by atoms with Gasteiger partial charge in [0.1, 0.15) is 0 Å². The number of hydrogen-bond donors (Lipinski definition) is 1. The van der Waals surface area contributed by atoms with Crippen molar-refractivity contribution in [3.8, 4) is 0 Å². The molecule has 0 radical (unpaired) electrons. The molecule has 1 atom stereocenters. The Bertz CT molecular complexity index is 312. The maximum atomic E-state index is 9.18. The summed E-state index contributed by atoms with van der Waals surface area (Å²) in [6.45, 7) is 2.35. The number of rotatable bonds is 5. The van der Waals surface area contributed by atoms with Gasteiger partial charge in [-0.2, -0.15) is 0 Å². The molecule has 1 rings (SSSR count). The lowest BCUT2D eigenvalue weighted by Gasteiger charge is -2.13. The first-order valence-corrected chi connectivity index (χ1v) is 5.97. The van der Waals surface area contributed by atoms with Gasteiger partial charge in [-0.05, 0) is 36.5 Å². The van der Waals surface area contributed by atoms with Gasteiger partial charge in [-0.1, -0.05) is 42.6 Å². The van der Waals surface area contributed by atoms with Crippen molar-refractivity contribution in [3.05, 3.63) is 33.8 Å². The molecular formula is C12H16Cl2O. The molecule has 0 aliphatic heterocycles. The Labute approximate surface area is 101 Å². The topological polar surface area (TPSA) is 20.2 Å². The van der Waals surface area contributed by atoms with Crippen LogP contribution in [0.15, 0.2) is 18.2 Å². The molecule has 1 unspecified atom stereocenters. The maximum absolute atomic E-state index is 9.18. The number of benzene rings is 1. The van der Waals surface area contributed by atoms with Crippen molar-refractivity contribution in [2.24, 2.45) is 5.92 Å². The van der Waals surface area contributed by atoms with Crippen LogP contribution in [-0.4, -0.2) is 11.7 Å². The average molecular weight is 247 g/mol. The van der Waals surface area contributed by atoms with Crippen LogP contribution in [0.5, 0.6) is 0 Å². The Kier molecular flexibility index (Phi) is 5.44. The molecular weight excluding hydrogens is 231 g/mol. The van der Waals surface area contributed by atoms with Crippen LogP contribution in [0.2, 0.25) is 10.0 Å². The summed E-state index contributed by atoms with van der Waals surface area (Å²) in [5.74, 6) is 0.326. The minimum atomic E-state index is 0.230. The van der Waals surface area contributed by atoms with E-state index in [1.54, 1.807) is 6.07 Å². The summed E-state index contributed by atoms with van der Waals surface area (Å²) in [7, 11) is 0. The van der Waals surface area contributed by atoms with E-state index in [4.69, 9.17) is 23.2 Å². The molecule has 1 nitrogen and oxygen atoms in total. The first-order chi connectivity index (χ1) is 7.17. The number of hydrogen-bond acceptors (Lipinski definition) is 1. The van der Waals surface area contributed by atoms with Crippen molar-refractivity contribution in [1.82, 2.24) is 0 Å². The van der Waals surface area contributed by atoms with Gasteiger partial charge in [0.15, 0.2) is 0 Å². The molecule has 84 valence electrons. The SMILES string of the molecule is CCCC(CO)Cc1ccc(Cl)c(Cl)c1. The molecule has 0 spiro atoms. The maximum Gasteiger partial charge on any atom is 0.0595 e. The summed E-state index contributed by atoms with van der Waals surface area (Å²) in [6.07, 6.45) is 2.99. The molecule has 1 N–H and O–H groups in total. The monoisotopic (exact) mass is 246 g/mol. The van der Waals surface area contributed by atoms with Crippen molar-refractivity contribution in [1.29, 1.82) is 0 Å². The van der Waals surface area contributed by atoms with E-state index < -0.39 is 0 Å². The smallest absolute Gasteiger partial charge is 0.0595 e. The van der Waals surface area contributed by atoms with E-state index in [9.17, 15) is 5.11 Å². The molecule has 0 heterocycles. The Balaban J connectivity index is 2.66. The van der Waals surface area contributed by atoms with Gasteiger partial charge in [0.25, 0.3) is 0 Å².